The van der Waals surface area contributed by atoms with Crippen LogP contribution in [0.5, 0.6) is 0 Å². The fourth-order valence-corrected chi connectivity index (χ4v) is 3.92. The summed E-state index contributed by atoms with van der Waals surface area (Å²) in [6, 6.07) is -0.0716. The number of morpholine rings is 1. The van der Waals surface area contributed by atoms with Crippen molar-refractivity contribution in [3.8, 4) is 0 Å². The van der Waals surface area contributed by atoms with Crippen LogP contribution in [0.3, 0.4) is 0 Å². The molecule has 1 fully saturated rings. The first kappa shape index (κ1) is 17.1. The minimum Gasteiger partial charge on any atom is -0.373 e. The van der Waals surface area contributed by atoms with E-state index in [2.05, 4.69) is 19.6 Å². The lowest BCUT2D eigenvalue weighted by Gasteiger charge is -2.39. The number of imidazole rings is 2. The van der Waals surface area contributed by atoms with Crippen molar-refractivity contribution in [3.63, 3.8) is 0 Å². The van der Waals surface area contributed by atoms with Gasteiger partial charge in [-0.15, -0.1) is 0 Å². The molecule has 0 aliphatic carbocycles. The molecular formula is C14H22N6O3S. The lowest BCUT2D eigenvalue weighted by molar-refractivity contribution is -0.0614. The Morgan fingerprint density at radius 3 is 2.75 bits per heavy atom. The predicted molar refractivity (Wildman–Crippen MR) is 86.7 cm³/mol. The van der Waals surface area contributed by atoms with Crippen molar-refractivity contribution in [2.75, 3.05) is 26.7 Å². The van der Waals surface area contributed by atoms with Crippen molar-refractivity contribution in [2.24, 2.45) is 14.1 Å². The van der Waals surface area contributed by atoms with E-state index < -0.39 is 10.0 Å². The standard InChI is InChI=1S/C14H22N6O3S/c1-18-8-13(16-10-18)24(21,22)17-7-12-14(19(2)4-5-23-12)11-6-15-9-20(11)3/h6,8-10,12,14,17H,4-5,7H2,1-3H3/t12-,14-/m0/s1. The number of likely N-dealkylation sites (N-methyl/N-ethyl adjacent to an activating group) is 1. The van der Waals surface area contributed by atoms with Crippen LogP contribution in [0.1, 0.15) is 11.7 Å². The number of nitrogens with zero attached hydrogens (tertiary/aromatic N) is 5. The highest BCUT2D eigenvalue weighted by Crippen LogP contribution is 2.27. The third-order valence-corrected chi connectivity index (χ3v) is 5.50. The zero-order chi connectivity index (χ0) is 17.3. The first-order chi connectivity index (χ1) is 11.4. The molecule has 132 valence electrons. The van der Waals surface area contributed by atoms with Gasteiger partial charge in [0.1, 0.15) is 0 Å². The van der Waals surface area contributed by atoms with E-state index in [1.807, 2.05) is 18.7 Å². The van der Waals surface area contributed by atoms with Crippen LogP contribution >= 0.6 is 0 Å². The van der Waals surface area contributed by atoms with Gasteiger partial charge in [-0.05, 0) is 7.05 Å². The number of sulfonamides is 1. The summed E-state index contributed by atoms with van der Waals surface area (Å²) in [6.45, 7) is 1.50. The molecule has 0 saturated carbocycles. The SMILES string of the molecule is CN1CCO[C@@H](CNS(=O)(=O)c2cn(C)cn2)[C@@H]1c1cncn1C. The second kappa shape index (κ2) is 6.63. The summed E-state index contributed by atoms with van der Waals surface area (Å²) in [5.74, 6) is 0. The van der Waals surface area contributed by atoms with Gasteiger partial charge in [-0.1, -0.05) is 0 Å². The number of hydrogen-bond donors (Lipinski definition) is 1. The first-order valence-corrected chi connectivity index (χ1v) is 9.12. The van der Waals surface area contributed by atoms with Gasteiger partial charge in [0.15, 0.2) is 5.03 Å². The Bertz CT molecular complexity index is 799. The molecule has 10 heteroatoms. The van der Waals surface area contributed by atoms with E-state index in [-0.39, 0.29) is 23.7 Å². The Morgan fingerprint density at radius 2 is 2.12 bits per heavy atom. The molecule has 0 aromatic carbocycles. The fourth-order valence-electron chi connectivity index (χ4n) is 2.89. The van der Waals surface area contributed by atoms with Gasteiger partial charge >= 0.3 is 0 Å². The lowest BCUT2D eigenvalue weighted by atomic mass is 10.0. The molecule has 9 nitrogen and oxygen atoms in total. The average molecular weight is 354 g/mol. The van der Waals surface area contributed by atoms with Gasteiger partial charge in [-0.25, -0.2) is 23.1 Å². The number of aromatic nitrogens is 4. The number of rotatable bonds is 5. The van der Waals surface area contributed by atoms with E-state index in [0.29, 0.717) is 6.61 Å². The van der Waals surface area contributed by atoms with Gasteiger partial charge in [0, 0.05) is 39.6 Å². The monoisotopic (exact) mass is 354 g/mol. The smallest absolute Gasteiger partial charge is 0.259 e. The molecule has 2 atom stereocenters. The topological polar surface area (TPSA) is 94.3 Å². The van der Waals surface area contributed by atoms with Gasteiger partial charge in [-0.3, -0.25) is 4.90 Å². The first-order valence-electron chi connectivity index (χ1n) is 7.64. The number of ether oxygens (including phenoxy) is 1. The Balaban J connectivity index is 1.76. The summed E-state index contributed by atoms with van der Waals surface area (Å²) >= 11 is 0. The molecule has 0 amide bonds. The molecule has 2 aromatic rings. The van der Waals surface area contributed by atoms with Crippen LogP contribution in [0.15, 0.2) is 30.1 Å². The quantitative estimate of drug-likeness (QED) is 0.778. The fraction of sp³-hybridized carbons (Fsp3) is 0.571. The Hall–Kier alpha value is -1.75. The summed E-state index contributed by atoms with van der Waals surface area (Å²) in [5.41, 5.74) is 0.985. The zero-order valence-corrected chi connectivity index (χ0v) is 14.8. The normalized spacial score (nSPS) is 22.8. The number of aryl methyl sites for hydroxylation is 2. The molecular weight excluding hydrogens is 332 g/mol. The molecule has 2 aromatic heterocycles. The molecule has 0 bridgehead atoms. The molecule has 1 N–H and O–H groups in total. The van der Waals surface area contributed by atoms with Gasteiger partial charge in [0.05, 0.1) is 37.1 Å². The van der Waals surface area contributed by atoms with Crippen LogP contribution in [-0.4, -0.2) is 65.3 Å². The van der Waals surface area contributed by atoms with Gasteiger partial charge in [0.2, 0.25) is 0 Å². The number of hydrogen-bond acceptors (Lipinski definition) is 6. The third-order valence-electron chi connectivity index (χ3n) is 4.19. The van der Waals surface area contributed by atoms with Gasteiger partial charge in [-0.2, -0.15) is 0 Å². The van der Waals surface area contributed by atoms with Gasteiger partial charge in [0.25, 0.3) is 10.0 Å². The molecule has 0 unspecified atom stereocenters. The summed E-state index contributed by atoms with van der Waals surface area (Å²) in [5, 5.41) is 0.00578. The Labute approximate surface area is 141 Å². The lowest BCUT2D eigenvalue weighted by Crippen LogP contribution is -2.48. The van der Waals surface area contributed by atoms with Crippen LogP contribution in [0, 0.1) is 0 Å². The highest BCUT2D eigenvalue weighted by Gasteiger charge is 2.34. The van der Waals surface area contributed by atoms with Gasteiger partial charge < -0.3 is 13.9 Å². The van der Waals surface area contributed by atoms with Crippen molar-refractivity contribution in [2.45, 2.75) is 17.2 Å². The summed E-state index contributed by atoms with van der Waals surface area (Å²) in [6.07, 6.45) is 6.13. The summed E-state index contributed by atoms with van der Waals surface area (Å²) in [7, 11) is 1.98. The van der Waals surface area contributed by atoms with E-state index in [9.17, 15) is 8.42 Å². The Kier molecular flexibility index (Phi) is 4.72. The largest absolute Gasteiger partial charge is 0.373 e. The second-order valence-electron chi connectivity index (χ2n) is 5.99. The maximum Gasteiger partial charge on any atom is 0.259 e. The Morgan fingerprint density at radius 1 is 1.33 bits per heavy atom. The molecule has 1 saturated heterocycles. The molecule has 0 radical (unpaired) electrons. The van der Waals surface area contributed by atoms with E-state index in [0.717, 1.165) is 12.2 Å². The van der Waals surface area contributed by atoms with Crippen molar-refractivity contribution in [1.29, 1.82) is 0 Å². The minimum atomic E-state index is -3.66. The van der Waals surface area contributed by atoms with E-state index in [4.69, 9.17) is 4.74 Å². The maximum absolute atomic E-state index is 12.4. The predicted octanol–water partition coefficient (Wildman–Crippen LogP) is -0.496. The van der Waals surface area contributed by atoms with Crippen molar-refractivity contribution in [3.05, 3.63) is 30.7 Å². The summed E-state index contributed by atoms with van der Waals surface area (Å²) < 4.78 is 36.7. The van der Waals surface area contributed by atoms with Crippen LogP contribution in [0.2, 0.25) is 0 Å². The molecule has 3 heterocycles. The van der Waals surface area contributed by atoms with Crippen LogP contribution in [-0.2, 0) is 28.9 Å². The maximum atomic E-state index is 12.4. The van der Waals surface area contributed by atoms with Crippen LogP contribution in [0.4, 0.5) is 0 Å². The molecule has 1 aliphatic rings. The van der Waals surface area contributed by atoms with Crippen molar-refractivity contribution >= 4 is 10.0 Å². The second-order valence-corrected chi connectivity index (χ2v) is 7.71. The molecule has 0 spiro atoms. The number of nitrogens with one attached hydrogen (secondary N) is 1. The average Bonchev–Trinajstić information content (AvgIpc) is 3.14. The van der Waals surface area contributed by atoms with E-state index in [1.54, 1.807) is 24.1 Å². The zero-order valence-electron chi connectivity index (χ0n) is 14.0. The highest BCUT2D eigenvalue weighted by molar-refractivity contribution is 7.89. The molecule has 1 aliphatic heterocycles. The van der Waals surface area contributed by atoms with Crippen molar-refractivity contribution < 1.29 is 13.2 Å². The minimum absolute atomic E-state index is 0.00578. The van der Waals surface area contributed by atoms with E-state index in [1.165, 1.54) is 12.5 Å². The van der Waals surface area contributed by atoms with Crippen LogP contribution in [0.25, 0.3) is 0 Å². The highest BCUT2D eigenvalue weighted by atomic mass is 32.2. The molecule has 24 heavy (non-hydrogen) atoms. The van der Waals surface area contributed by atoms with Crippen LogP contribution < -0.4 is 4.72 Å². The summed E-state index contributed by atoms with van der Waals surface area (Å²) in [4.78, 5) is 10.2. The third kappa shape index (κ3) is 3.36. The van der Waals surface area contributed by atoms with Crippen molar-refractivity contribution in [1.82, 2.24) is 28.7 Å². The van der Waals surface area contributed by atoms with E-state index >= 15 is 0 Å². The molecule has 3 rings (SSSR count).